The first kappa shape index (κ1) is 42.4. The molecule has 8 heteroatoms. The van der Waals surface area contributed by atoms with Crippen LogP contribution in [0.2, 0.25) is 0 Å². The van der Waals surface area contributed by atoms with Gasteiger partial charge in [-0.15, -0.1) is 0 Å². The average Bonchev–Trinajstić information content (AvgIpc) is 3.79. The fourth-order valence-electron chi connectivity index (χ4n) is 9.28. The van der Waals surface area contributed by atoms with Crippen LogP contribution in [0.15, 0.2) is 96.1 Å². The van der Waals surface area contributed by atoms with Crippen LogP contribution in [0, 0.1) is 10.8 Å². The van der Waals surface area contributed by atoms with E-state index >= 15 is 0 Å². The van der Waals surface area contributed by atoms with Crippen molar-refractivity contribution in [2.75, 3.05) is 0 Å². The van der Waals surface area contributed by atoms with Crippen LogP contribution in [0.25, 0.3) is 34.4 Å². The monoisotopic (exact) mass is 865 g/mol. The number of carbonyl (C=O) groups is 2. The van der Waals surface area contributed by atoms with Gasteiger partial charge in [0.1, 0.15) is 0 Å². The molecule has 4 aromatic rings. The van der Waals surface area contributed by atoms with Crippen LogP contribution in [0.4, 0.5) is 0 Å². The number of halogens is 2. The molecule has 0 aliphatic heterocycles. The SMILES string of the molecule is CCC(=O)N[B](NC(=O)CC)[Zr]([Cl])([Cl])([CH]1C(C(C)(C)C)=Cc2c(-c3ccccc3CC)cccc21)[CH]1C(C(C)(C)C)=Cc2c(-c3ccccc3CC)cccc21. The second kappa shape index (κ2) is 15.9. The molecule has 6 rings (SSSR count). The number of allylic oxidation sites excluding steroid dienone is 2. The molecule has 0 bridgehead atoms. The second-order valence-electron chi connectivity index (χ2n) is 17.7. The zero-order valence-electron chi connectivity index (χ0n) is 34.9. The molecule has 2 aliphatic rings. The predicted molar refractivity (Wildman–Crippen MR) is 237 cm³/mol. The van der Waals surface area contributed by atoms with E-state index in [1.807, 2.05) is 13.8 Å². The Morgan fingerprint density at radius 2 is 0.929 bits per heavy atom. The van der Waals surface area contributed by atoms with Crippen LogP contribution < -0.4 is 10.5 Å². The molecule has 0 heterocycles. The van der Waals surface area contributed by atoms with Gasteiger partial charge < -0.3 is 0 Å². The Bertz CT molecular complexity index is 2090. The van der Waals surface area contributed by atoms with Crippen LogP contribution >= 0.6 is 17.0 Å². The Labute approximate surface area is 344 Å². The number of rotatable bonds is 11. The van der Waals surface area contributed by atoms with Gasteiger partial charge in [-0.05, 0) is 0 Å². The Morgan fingerprint density at radius 1 is 0.571 bits per heavy atom. The maximum atomic E-state index is 13.8. The van der Waals surface area contributed by atoms with Gasteiger partial charge in [-0.25, -0.2) is 0 Å². The quantitative estimate of drug-likeness (QED) is 0.148. The van der Waals surface area contributed by atoms with Crippen LogP contribution in [0.3, 0.4) is 0 Å². The molecule has 2 N–H and O–H groups in total. The number of hydrogen-bond donors (Lipinski definition) is 2. The summed E-state index contributed by atoms with van der Waals surface area (Å²) in [6.45, 7) is 21.4. The fourth-order valence-corrected chi connectivity index (χ4v) is 30.4. The molecule has 0 spiro atoms. The minimum atomic E-state index is -6.14. The number of benzene rings is 4. The third-order valence-electron chi connectivity index (χ3n) is 12.1. The number of amides is 2. The van der Waals surface area contributed by atoms with Gasteiger partial charge in [0.2, 0.25) is 0 Å². The third kappa shape index (κ3) is 7.37. The molecule has 0 saturated heterocycles. The Kier molecular flexibility index (Phi) is 12.0. The summed E-state index contributed by atoms with van der Waals surface area (Å²) in [4.78, 5) is 27.6. The van der Waals surface area contributed by atoms with E-state index in [1.54, 1.807) is 0 Å². The number of hydrogen-bond acceptors (Lipinski definition) is 2. The van der Waals surface area contributed by atoms with E-state index in [1.165, 1.54) is 22.3 Å². The standard InChI is InChI=1S/2C21H23.C6H11BN2O2.2ClH.Zr/c2*1-5-15-9-6-7-11-18(15)19-12-8-10-16-13-17(14-20(16)19)21(2,3)4;1-3-5(10)8-7-9-6(11)4-2;;;/h2*6-14H,5H2,1-4H3;3-4H2,1-2H3,(H-,8,9,10,11);2*1H;/q;;;;;+1/p-1. The summed E-state index contributed by atoms with van der Waals surface area (Å²) in [6, 6.07) is 30.3. The summed E-state index contributed by atoms with van der Waals surface area (Å²) in [7, 11) is 18.0. The van der Waals surface area contributed by atoms with Crippen molar-refractivity contribution in [1.29, 1.82) is 0 Å². The first-order valence-electron chi connectivity index (χ1n) is 20.4. The number of nitrogens with one attached hydrogen (secondary N) is 2. The van der Waals surface area contributed by atoms with Crippen LogP contribution in [-0.4, -0.2) is 16.3 Å². The van der Waals surface area contributed by atoms with Crippen LogP contribution in [0.5, 0.6) is 0 Å². The average molecular weight is 868 g/mol. The van der Waals surface area contributed by atoms with Gasteiger partial charge >= 0.3 is 346 Å². The van der Waals surface area contributed by atoms with Crippen molar-refractivity contribution in [3.05, 3.63) is 129 Å². The fraction of sp³-hybridized carbons (Fsp3) is 0.375. The summed E-state index contributed by atoms with van der Waals surface area (Å²) in [5.74, 6) is -0.411. The summed E-state index contributed by atoms with van der Waals surface area (Å²) >= 11 is -6.14. The maximum absolute atomic E-state index is 13.8. The van der Waals surface area contributed by atoms with Gasteiger partial charge in [-0.2, -0.15) is 0 Å². The molecule has 4 nitrogen and oxygen atoms in total. The number of aryl methyl sites for hydroxylation is 2. The minimum absolute atomic E-state index is 0.205. The number of fused-ring (bicyclic) bond motifs is 2. The topological polar surface area (TPSA) is 58.2 Å². The Hall–Kier alpha value is -3.17. The molecule has 2 amide bonds. The Morgan fingerprint density at radius 3 is 1.27 bits per heavy atom. The molecule has 0 saturated carbocycles. The van der Waals surface area contributed by atoms with E-state index in [4.69, 9.17) is 17.0 Å². The van der Waals surface area contributed by atoms with E-state index in [0.29, 0.717) is 0 Å². The predicted octanol–water partition coefficient (Wildman–Crippen LogP) is 12.8. The molecule has 4 aromatic carbocycles. The van der Waals surface area contributed by atoms with Gasteiger partial charge in [0.25, 0.3) is 0 Å². The van der Waals surface area contributed by atoms with Crippen molar-refractivity contribution >= 4 is 45.5 Å². The van der Waals surface area contributed by atoms with E-state index in [-0.39, 0.29) is 35.5 Å². The van der Waals surface area contributed by atoms with Gasteiger partial charge in [-0.1, -0.05) is 0 Å². The van der Waals surface area contributed by atoms with Gasteiger partial charge in [0.05, 0.1) is 0 Å². The van der Waals surface area contributed by atoms with Gasteiger partial charge in [-0.3, -0.25) is 0 Å². The zero-order chi connectivity index (χ0) is 40.8. The van der Waals surface area contributed by atoms with Gasteiger partial charge in [0, 0.05) is 0 Å². The number of carbonyl (C=O) groups excluding carboxylic acids is 2. The molecule has 2 unspecified atom stereocenters. The second-order valence-corrected chi connectivity index (χ2v) is 39.1. The van der Waals surface area contributed by atoms with Crippen molar-refractivity contribution in [3.63, 3.8) is 0 Å². The summed E-state index contributed by atoms with van der Waals surface area (Å²) in [6.07, 6.45) is 6.91. The van der Waals surface area contributed by atoms with Crippen molar-refractivity contribution in [2.45, 2.75) is 102 Å². The molecule has 0 aromatic heterocycles. The summed E-state index contributed by atoms with van der Waals surface area (Å²) < 4.78 is -1.91. The molecular weight excluding hydrogens is 809 g/mol. The molecule has 2 atom stereocenters. The van der Waals surface area contributed by atoms with Crippen molar-refractivity contribution < 1.29 is 25.8 Å². The van der Waals surface area contributed by atoms with E-state index < -0.39 is 27.9 Å². The summed E-state index contributed by atoms with van der Waals surface area (Å²) in [5, 5.41) is 6.61. The zero-order valence-corrected chi connectivity index (χ0v) is 38.8. The third-order valence-corrected chi connectivity index (χ3v) is 31.8. The molecular formula is C48H58BCl2N2O2Zr. The van der Waals surface area contributed by atoms with Crippen LogP contribution in [-0.2, 0) is 38.6 Å². The van der Waals surface area contributed by atoms with E-state index in [0.717, 1.165) is 57.4 Å². The summed E-state index contributed by atoms with van der Waals surface area (Å²) in [5.41, 5.74) is 13.0. The molecule has 293 valence electrons. The molecule has 56 heavy (non-hydrogen) atoms. The molecule has 2 aliphatic carbocycles. The van der Waals surface area contributed by atoms with Crippen LogP contribution in [0.1, 0.15) is 123 Å². The van der Waals surface area contributed by atoms with Crippen molar-refractivity contribution in [2.24, 2.45) is 10.8 Å². The Balaban J connectivity index is 1.77. The first-order chi connectivity index (χ1) is 26.4. The van der Waals surface area contributed by atoms with Crippen molar-refractivity contribution in [3.8, 4) is 22.3 Å². The van der Waals surface area contributed by atoms with Crippen molar-refractivity contribution in [1.82, 2.24) is 10.5 Å². The van der Waals surface area contributed by atoms with Gasteiger partial charge in [0.15, 0.2) is 0 Å². The normalized spacial score (nSPS) is 17.2. The molecule has 0 fully saturated rings. The van der Waals surface area contributed by atoms with E-state index in [9.17, 15) is 9.59 Å². The van der Waals surface area contributed by atoms with E-state index in [2.05, 4.69) is 163 Å². The first-order valence-corrected chi connectivity index (χ1v) is 31.0. The molecule has 0 radical (unpaired) electrons.